The normalized spacial score (nSPS) is 21.8. The monoisotopic (exact) mass is 366 g/mol. The summed E-state index contributed by atoms with van der Waals surface area (Å²) < 4.78 is 31.9. The molecular weight excluding hydrogens is 348 g/mol. The number of esters is 1. The van der Waals surface area contributed by atoms with Crippen molar-refractivity contribution in [2.45, 2.75) is 16.9 Å². The van der Waals surface area contributed by atoms with Crippen LogP contribution in [0.1, 0.15) is 21.2 Å². The standard InChI is InChI=1S/C16H18N2O4S2/c1-22-16(19)15-14(7-8-23-15)24(20,21)18-9-12(13(17)10-18)11-5-3-2-4-6-11/h2-8,12-13H,9-10,17H2,1H3/t12-,13+/m0/s1. The molecule has 1 aliphatic heterocycles. The number of nitrogens with two attached hydrogens (primary N) is 1. The Bertz CT molecular complexity index is 833. The fourth-order valence-electron chi connectivity index (χ4n) is 2.92. The van der Waals surface area contributed by atoms with E-state index in [1.54, 1.807) is 5.38 Å². The van der Waals surface area contributed by atoms with Crippen LogP contribution in [0, 0.1) is 0 Å². The van der Waals surface area contributed by atoms with Crippen molar-refractivity contribution in [1.82, 2.24) is 4.31 Å². The van der Waals surface area contributed by atoms with Gasteiger partial charge in [0.2, 0.25) is 10.0 Å². The van der Waals surface area contributed by atoms with Crippen LogP contribution in [0.5, 0.6) is 0 Å². The Hall–Kier alpha value is -1.74. The molecule has 1 aromatic heterocycles. The van der Waals surface area contributed by atoms with E-state index in [9.17, 15) is 13.2 Å². The maximum Gasteiger partial charge on any atom is 0.349 e. The molecule has 0 bridgehead atoms. The molecule has 6 nitrogen and oxygen atoms in total. The summed E-state index contributed by atoms with van der Waals surface area (Å²) in [5.74, 6) is -0.715. The molecule has 0 saturated carbocycles. The summed E-state index contributed by atoms with van der Waals surface area (Å²) in [5.41, 5.74) is 7.20. The van der Waals surface area contributed by atoms with Crippen LogP contribution in [0.3, 0.4) is 0 Å². The van der Waals surface area contributed by atoms with Crippen LogP contribution in [0.2, 0.25) is 0 Å². The van der Waals surface area contributed by atoms with Crippen LogP contribution < -0.4 is 5.73 Å². The minimum absolute atomic E-state index is 0.0136. The Morgan fingerprint density at radius 1 is 1.25 bits per heavy atom. The van der Waals surface area contributed by atoms with Crippen LogP contribution in [-0.4, -0.2) is 44.9 Å². The SMILES string of the molecule is COC(=O)c1sccc1S(=O)(=O)N1C[C@@H](N)[C@H](c2ccccc2)C1. The third-order valence-corrected chi connectivity index (χ3v) is 7.07. The lowest BCUT2D eigenvalue weighted by Gasteiger charge is -2.16. The summed E-state index contributed by atoms with van der Waals surface area (Å²) in [5, 5.41) is 1.57. The minimum Gasteiger partial charge on any atom is -0.465 e. The van der Waals surface area contributed by atoms with Crippen LogP contribution in [-0.2, 0) is 14.8 Å². The Kier molecular flexibility index (Phi) is 4.73. The van der Waals surface area contributed by atoms with Gasteiger partial charge in [0.25, 0.3) is 0 Å². The fraction of sp³-hybridized carbons (Fsp3) is 0.312. The minimum atomic E-state index is -3.79. The lowest BCUT2D eigenvalue weighted by Crippen LogP contribution is -2.32. The molecule has 0 aliphatic carbocycles. The number of ether oxygens (including phenoxy) is 1. The Morgan fingerprint density at radius 2 is 1.96 bits per heavy atom. The van der Waals surface area contributed by atoms with Crippen molar-refractivity contribution in [3.8, 4) is 0 Å². The highest BCUT2D eigenvalue weighted by molar-refractivity contribution is 7.89. The summed E-state index contributed by atoms with van der Waals surface area (Å²) >= 11 is 1.05. The van der Waals surface area contributed by atoms with Gasteiger partial charge >= 0.3 is 5.97 Å². The number of hydrogen-bond acceptors (Lipinski definition) is 6. The molecule has 8 heteroatoms. The van der Waals surface area contributed by atoms with E-state index in [0.29, 0.717) is 6.54 Å². The second-order valence-electron chi connectivity index (χ2n) is 5.61. The molecule has 2 atom stereocenters. The number of carbonyl (C=O) groups excluding carboxylic acids is 1. The molecule has 128 valence electrons. The van der Waals surface area contributed by atoms with E-state index in [0.717, 1.165) is 16.9 Å². The van der Waals surface area contributed by atoms with Gasteiger partial charge in [0.05, 0.1) is 7.11 Å². The van der Waals surface area contributed by atoms with E-state index in [1.165, 1.54) is 17.5 Å². The number of hydrogen-bond donors (Lipinski definition) is 1. The van der Waals surface area contributed by atoms with Crippen LogP contribution >= 0.6 is 11.3 Å². The number of sulfonamides is 1. The van der Waals surface area contributed by atoms with Crippen molar-refractivity contribution in [2.75, 3.05) is 20.2 Å². The maximum atomic E-state index is 12.9. The van der Waals surface area contributed by atoms with Gasteiger partial charge in [0.1, 0.15) is 9.77 Å². The lowest BCUT2D eigenvalue weighted by atomic mass is 9.95. The van der Waals surface area contributed by atoms with Gasteiger partial charge in [-0.15, -0.1) is 11.3 Å². The van der Waals surface area contributed by atoms with Crippen LogP contribution in [0.4, 0.5) is 0 Å². The predicted molar refractivity (Wildman–Crippen MR) is 91.6 cm³/mol. The summed E-state index contributed by atoms with van der Waals surface area (Å²) in [6.45, 7) is 0.516. The Balaban J connectivity index is 1.90. The van der Waals surface area contributed by atoms with Crippen molar-refractivity contribution < 1.29 is 17.9 Å². The van der Waals surface area contributed by atoms with Crippen molar-refractivity contribution in [2.24, 2.45) is 5.73 Å². The number of methoxy groups -OCH3 is 1. The van der Waals surface area contributed by atoms with E-state index in [4.69, 9.17) is 5.73 Å². The van der Waals surface area contributed by atoms with E-state index < -0.39 is 16.0 Å². The van der Waals surface area contributed by atoms with Crippen LogP contribution in [0.15, 0.2) is 46.7 Å². The molecule has 0 amide bonds. The third kappa shape index (κ3) is 2.98. The highest BCUT2D eigenvalue weighted by Crippen LogP contribution is 2.33. The second kappa shape index (κ2) is 6.64. The third-order valence-electron chi connectivity index (χ3n) is 4.18. The first-order valence-corrected chi connectivity index (χ1v) is 9.73. The number of nitrogens with zero attached hydrogens (tertiary/aromatic N) is 1. The van der Waals surface area contributed by atoms with Gasteiger partial charge in [0, 0.05) is 25.0 Å². The zero-order valence-corrected chi connectivity index (χ0v) is 14.7. The predicted octanol–water partition coefficient (Wildman–Crippen LogP) is 1.65. The number of benzene rings is 1. The highest BCUT2D eigenvalue weighted by atomic mass is 32.2. The average Bonchev–Trinajstić information content (AvgIpc) is 3.22. The zero-order valence-electron chi connectivity index (χ0n) is 13.1. The molecule has 1 fully saturated rings. The van der Waals surface area contributed by atoms with Gasteiger partial charge < -0.3 is 10.5 Å². The van der Waals surface area contributed by atoms with Crippen molar-refractivity contribution in [3.05, 3.63) is 52.2 Å². The van der Waals surface area contributed by atoms with Crippen molar-refractivity contribution in [3.63, 3.8) is 0 Å². The van der Waals surface area contributed by atoms with E-state index in [2.05, 4.69) is 4.74 Å². The highest BCUT2D eigenvalue weighted by Gasteiger charge is 2.40. The maximum absolute atomic E-state index is 12.9. The molecule has 2 heterocycles. The van der Waals surface area contributed by atoms with Gasteiger partial charge in [-0.05, 0) is 17.0 Å². The second-order valence-corrected chi connectivity index (χ2v) is 8.43. The molecule has 0 spiro atoms. The number of carbonyl (C=O) groups is 1. The fourth-order valence-corrected chi connectivity index (χ4v) is 5.73. The first-order chi connectivity index (χ1) is 11.4. The smallest absolute Gasteiger partial charge is 0.349 e. The topological polar surface area (TPSA) is 89.7 Å². The largest absolute Gasteiger partial charge is 0.465 e. The first kappa shape index (κ1) is 17.1. The molecule has 1 aliphatic rings. The Labute approximate surface area is 144 Å². The van der Waals surface area contributed by atoms with Crippen LogP contribution in [0.25, 0.3) is 0 Å². The molecule has 3 rings (SSSR count). The molecule has 1 saturated heterocycles. The van der Waals surface area contributed by atoms with Crippen molar-refractivity contribution >= 4 is 27.3 Å². The van der Waals surface area contributed by atoms with E-state index in [1.807, 2.05) is 30.3 Å². The van der Waals surface area contributed by atoms with E-state index in [-0.39, 0.29) is 28.3 Å². The zero-order chi connectivity index (χ0) is 17.3. The summed E-state index contributed by atoms with van der Waals surface area (Å²) in [6, 6.07) is 10.8. The van der Waals surface area contributed by atoms with E-state index >= 15 is 0 Å². The molecule has 2 N–H and O–H groups in total. The average molecular weight is 366 g/mol. The molecular formula is C16H18N2O4S2. The number of thiophene rings is 1. The summed E-state index contributed by atoms with van der Waals surface area (Å²) in [4.78, 5) is 11.9. The van der Waals surface area contributed by atoms with Crippen molar-refractivity contribution in [1.29, 1.82) is 0 Å². The quantitative estimate of drug-likeness (QED) is 0.831. The van der Waals surface area contributed by atoms with Gasteiger partial charge in [-0.1, -0.05) is 30.3 Å². The van der Waals surface area contributed by atoms with Gasteiger partial charge in [-0.25, -0.2) is 13.2 Å². The Morgan fingerprint density at radius 3 is 2.62 bits per heavy atom. The molecule has 1 aromatic carbocycles. The number of rotatable bonds is 4. The van der Waals surface area contributed by atoms with Gasteiger partial charge in [-0.2, -0.15) is 4.31 Å². The molecule has 24 heavy (non-hydrogen) atoms. The first-order valence-electron chi connectivity index (χ1n) is 7.41. The molecule has 0 unspecified atom stereocenters. The lowest BCUT2D eigenvalue weighted by molar-refractivity contribution is 0.0602. The summed E-state index contributed by atoms with van der Waals surface area (Å²) in [7, 11) is -2.56. The molecule has 0 radical (unpaired) electrons. The van der Waals surface area contributed by atoms with Gasteiger partial charge in [-0.3, -0.25) is 0 Å². The molecule has 2 aromatic rings. The summed E-state index contributed by atoms with van der Waals surface area (Å²) in [6.07, 6.45) is 0. The van der Waals surface area contributed by atoms with Gasteiger partial charge in [0.15, 0.2) is 0 Å².